The average Bonchev–Trinajstić information content (AvgIpc) is 3.47. The summed E-state index contributed by atoms with van der Waals surface area (Å²) >= 11 is 1.28. The van der Waals surface area contributed by atoms with Gasteiger partial charge in [-0.15, -0.1) is 0 Å². The van der Waals surface area contributed by atoms with Crippen molar-refractivity contribution >= 4 is 16.9 Å². The number of fused-ring (bicyclic) bond motifs is 1. The van der Waals surface area contributed by atoms with E-state index < -0.39 is 22.8 Å². The van der Waals surface area contributed by atoms with Crippen LogP contribution in [-0.4, -0.2) is 21.6 Å². The number of hydrogen-bond donors (Lipinski definition) is 1. The van der Waals surface area contributed by atoms with Gasteiger partial charge in [-0.05, 0) is 42.7 Å². The van der Waals surface area contributed by atoms with E-state index in [1.54, 1.807) is 12.1 Å². The highest BCUT2D eigenvalue weighted by Crippen LogP contribution is 2.67. The first kappa shape index (κ1) is 19.9. The van der Waals surface area contributed by atoms with Crippen molar-refractivity contribution in [3.05, 3.63) is 64.7 Å². The molecule has 1 aromatic carbocycles. The lowest BCUT2D eigenvalue weighted by Crippen LogP contribution is -2.40. The molecule has 4 rings (SSSR count). The monoisotopic (exact) mass is 419 g/mol. The highest BCUT2D eigenvalue weighted by molar-refractivity contribution is 8.15. The molecule has 148 valence electrons. The Kier molecular flexibility index (Phi) is 4.94. The minimum Gasteiger partial charge on any atom is -0.378 e. The maximum absolute atomic E-state index is 14.8. The zero-order chi connectivity index (χ0) is 21.4. The molecule has 2 aromatic rings. The van der Waals surface area contributed by atoms with Crippen LogP contribution in [0.5, 0.6) is 0 Å². The second-order valence-electron chi connectivity index (χ2n) is 7.25. The van der Waals surface area contributed by atoms with Crippen molar-refractivity contribution < 1.29 is 8.78 Å². The lowest BCUT2D eigenvalue weighted by atomic mass is 9.84. The topological polar surface area (TPSA) is 98.8 Å². The van der Waals surface area contributed by atoms with Gasteiger partial charge in [0, 0.05) is 28.0 Å². The number of halogens is 2. The molecule has 0 amide bonds. The first-order valence-electron chi connectivity index (χ1n) is 9.12. The molecule has 5 nitrogen and oxygen atoms in total. The number of amidine groups is 1. The number of aliphatic imine (C=N–C) groups is 1. The van der Waals surface area contributed by atoms with Crippen molar-refractivity contribution in [1.82, 2.24) is 4.98 Å². The Hall–Kier alpha value is -3.41. The third-order valence-corrected chi connectivity index (χ3v) is 6.76. The molecule has 2 N–H and O–H groups in total. The molecular formula is C22H15F2N5S. The number of aromatic nitrogens is 1. The molecule has 0 saturated heterocycles. The van der Waals surface area contributed by atoms with Gasteiger partial charge in [-0.25, -0.2) is 18.8 Å². The van der Waals surface area contributed by atoms with E-state index in [9.17, 15) is 8.78 Å². The summed E-state index contributed by atoms with van der Waals surface area (Å²) in [4.78, 5) is 8.41. The van der Waals surface area contributed by atoms with E-state index in [2.05, 4.69) is 27.9 Å². The van der Waals surface area contributed by atoms with Crippen LogP contribution in [0.1, 0.15) is 35.2 Å². The smallest absolute Gasteiger partial charge is 0.155 e. The van der Waals surface area contributed by atoms with Crippen LogP contribution in [0, 0.1) is 46.2 Å². The number of alkyl halides is 1. The number of thioether (sulfide) groups is 1. The molecule has 1 aliphatic carbocycles. The molecule has 0 radical (unpaired) electrons. The SMILES string of the molecule is N#CC[C@]12C[C@H]1[C@@](CF)(c1cc(C#Cc3ccc(C#N)cn3)ccc1F)N=C(N)S2. The lowest BCUT2D eigenvalue weighted by molar-refractivity contribution is 0.263. The molecule has 8 heteroatoms. The van der Waals surface area contributed by atoms with Crippen LogP contribution in [-0.2, 0) is 5.54 Å². The first-order chi connectivity index (χ1) is 14.5. The molecule has 1 fully saturated rings. The second kappa shape index (κ2) is 7.44. The molecule has 3 atom stereocenters. The number of nitrogens with zero attached hydrogens (tertiary/aromatic N) is 4. The largest absolute Gasteiger partial charge is 0.378 e. The molecule has 0 spiro atoms. The van der Waals surface area contributed by atoms with E-state index in [4.69, 9.17) is 16.3 Å². The molecule has 30 heavy (non-hydrogen) atoms. The zero-order valence-electron chi connectivity index (χ0n) is 15.7. The summed E-state index contributed by atoms with van der Waals surface area (Å²) < 4.78 is 28.7. The average molecular weight is 419 g/mol. The highest BCUT2D eigenvalue weighted by Gasteiger charge is 2.68. The van der Waals surface area contributed by atoms with Gasteiger partial charge in [0.25, 0.3) is 0 Å². The maximum atomic E-state index is 14.8. The van der Waals surface area contributed by atoms with E-state index in [1.807, 2.05) is 6.07 Å². The normalized spacial score (nSPS) is 26.3. The molecule has 1 aromatic heterocycles. The predicted octanol–water partition coefficient (Wildman–Crippen LogP) is 3.39. The molecule has 2 aliphatic rings. The number of nitrogens with two attached hydrogens (primary N) is 1. The molecule has 0 bridgehead atoms. The number of hydrogen-bond acceptors (Lipinski definition) is 6. The standard InChI is InChI=1S/C22H15F2N5S/c23-13-22(19-10-21(19,7-8-25)30-20(27)29-22)17-9-14(3-6-18(17)24)1-4-16-5-2-15(11-26)12-28-16/h2-3,5-6,9,12,19H,7,10,13H2,(H2,27,29)/t19-,21+,22-/m1/s1. The highest BCUT2D eigenvalue weighted by atomic mass is 32.2. The van der Waals surface area contributed by atoms with Gasteiger partial charge in [0.05, 0.1) is 18.1 Å². The third kappa shape index (κ3) is 3.28. The fourth-order valence-electron chi connectivity index (χ4n) is 3.92. The molecule has 1 saturated carbocycles. The summed E-state index contributed by atoms with van der Waals surface area (Å²) in [6, 6.07) is 11.6. The van der Waals surface area contributed by atoms with Crippen LogP contribution in [0.25, 0.3) is 0 Å². The van der Waals surface area contributed by atoms with Crippen molar-refractivity contribution in [2.45, 2.75) is 23.1 Å². The second-order valence-corrected chi connectivity index (χ2v) is 8.69. The lowest BCUT2D eigenvalue weighted by Gasteiger charge is -2.34. The van der Waals surface area contributed by atoms with E-state index in [-0.39, 0.29) is 23.1 Å². The Morgan fingerprint density at radius 2 is 2.00 bits per heavy atom. The Balaban J connectivity index is 1.73. The van der Waals surface area contributed by atoms with Gasteiger partial charge in [-0.3, -0.25) is 0 Å². The first-order valence-corrected chi connectivity index (χ1v) is 9.93. The van der Waals surface area contributed by atoms with Crippen LogP contribution < -0.4 is 5.73 Å². The van der Waals surface area contributed by atoms with Crippen molar-refractivity contribution in [2.24, 2.45) is 16.6 Å². The van der Waals surface area contributed by atoms with E-state index in [0.717, 1.165) is 0 Å². The predicted molar refractivity (Wildman–Crippen MR) is 109 cm³/mol. The van der Waals surface area contributed by atoms with E-state index >= 15 is 0 Å². The number of pyridine rings is 1. The van der Waals surface area contributed by atoms with Gasteiger partial charge >= 0.3 is 0 Å². The van der Waals surface area contributed by atoms with E-state index in [1.165, 1.54) is 36.2 Å². The Morgan fingerprint density at radius 3 is 2.67 bits per heavy atom. The molecular weight excluding hydrogens is 404 g/mol. The number of nitriles is 2. The van der Waals surface area contributed by atoms with Crippen LogP contribution in [0.4, 0.5) is 8.78 Å². The van der Waals surface area contributed by atoms with Gasteiger partial charge in [0.2, 0.25) is 0 Å². The minimum absolute atomic E-state index is 0.0950. The summed E-state index contributed by atoms with van der Waals surface area (Å²) in [7, 11) is 0. The van der Waals surface area contributed by atoms with Gasteiger partial charge in [0.1, 0.15) is 29.8 Å². The van der Waals surface area contributed by atoms with Gasteiger partial charge in [-0.2, -0.15) is 10.5 Å². The third-order valence-electron chi connectivity index (χ3n) is 5.46. The van der Waals surface area contributed by atoms with Gasteiger partial charge in [-0.1, -0.05) is 17.7 Å². The summed E-state index contributed by atoms with van der Waals surface area (Å²) in [5.41, 5.74) is 5.94. The summed E-state index contributed by atoms with van der Waals surface area (Å²) in [5.74, 6) is 4.85. The number of benzene rings is 1. The summed E-state index contributed by atoms with van der Waals surface area (Å²) in [5, 5.41) is 18.2. The maximum Gasteiger partial charge on any atom is 0.155 e. The van der Waals surface area contributed by atoms with Crippen molar-refractivity contribution in [2.75, 3.05) is 6.67 Å². The summed E-state index contributed by atoms with van der Waals surface area (Å²) in [6.07, 6.45) is 2.16. The fourth-order valence-corrected chi connectivity index (χ4v) is 5.27. The molecule has 0 unspecified atom stereocenters. The number of rotatable bonds is 3. The van der Waals surface area contributed by atoms with Gasteiger partial charge in [0.15, 0.2) is 5.17 Å². The van der Waals surface area contributed by atoms with Crippen molar-refractivity contribution in [1.29, 1.82) is 10.5 Å². The quantitative estimate of drug-likeness (QED) is 0.769. The molecule has 2 heterocycles. The molecule has 1 aliphatic heterocycles. The summed E-state index contributed by atoms with van der Waals surface area (Å²) in [6.45, 7) is -0.920. The van der Waals surface area contributed by atoms with Crippen LogP contribution in [0.15, 0.2) is 41.5 Å². The Morgan fingerprint density at radius 1 is 1.20 bits per heavy atom. The van der Waals surface area contributed by atoms with Crippen molar-refractivity contribution in [3.63, 3.8) is 0 Å². The van der Waals surface area contributed by atoms with Gasteiger partial charge < -0.3 is 5.73 Å². The van der Waals surface area contributed by atoms with Crippen molar-refractivity contribution in [3.8, 4) is 24.0 Å². The van der Waals surface area contributed by atoms with Crippen LogP contribution >= 0.6 is 11.8 Å². The Labute approximate surface area is 176 Å². The Bertz CT molecular complexity index is 1190. The zero-order valence-corrected chi connectivity index (χ0v) is 16.5. The van der Waals surface area contributed by atoms with Crippen LogP contribution in [0.3, 0.4) is 0 Å². The van der Waals surface area contributed by atoms with Crippen LogP contribution in [0.2, 0.25) is 0 Å². The minimum atomic E-state index is -1.46. The fraction of sp³-hybridized carbons (Fsp3) is 0.273. The van der Waals surface area contributed by atoms with E-state index in [0.29, 0.717) is 23.2 Å².